The number of carbonyl (C=O) groups is 2. The van der Waals surface area contributed by atoms with Gasteiger partial charge in [0.05, 0.1) is 18.6 Å². The molecule has 12 heteroatoms. The molecule has 5 rings (SSSR count). The Morgan fingerprint density at radius 3 is 2.20 bits per heavy atom. The van der Waals surface area contributed by atoms with Gasteiger partial charge in [-0.25, -0.2) is 4.39 Å². The lowest BCUT2D eigenvalue weighted by Gasteiger charge is -2.35. The first-order valence-corrected chi connectivity index (χ1v) is 15.7. The highest BCUT2D eigenvalue weighted by Crippen LogP contribution is 2.47. The Morgan fingerprint density at radius 1 is 1.00 bits per heavy atom. The van der Waals surface area contributed by atoms with Crippen LogP contribution in [0.4, 0.5) is 23.2 Å². The molecule has 3 saturated heterocycles. The van der Waals surface area contributed by atoms with Crippen LogP contribution in [-0.2, 0) is 15.8 Å². The van der Waals surface area contributed by atoms with Crippen molar-refractivity contribution in [2.75, 3.05) is 57.9 Å². The number of aliphatic carboxylic acids is 1. The summed E-state index contributed by atoms with van der Waals surface area (Å²) in [6.07, 6.45) is -4.03. The zero-order valence-corrected chi connectivity index (χ0v) is 26.7. The van der Waals surface area contributed by atoms with E-state index in [1.54, 1.807) is 29.2 Å². The van der Waals surface area contributed by atoms with Gasteiger partial charge in [-0.05, 0) is 69.0 Å². The topological polar surface area (TPSA) is 93.6 Å². The molecule has 0 saturated carbocycles. The predicted molar refractivity (Wildman–Crippen MR) is 165 cm³/mol. The number of carboxylic acids is 1. The third-order valence-corrected chi connectivity index (χ3v) is 10.1. The Kier molecular flexibility index (Phi) is 9.36. The second kappa shape index (κ2) is 12.7. The van der Waals surface area contributed by atoms with E-state index in [0.29, 0.717) is 29.1 Å². The molecule has 1 amide bonds. The average Bonchev–Trinajstić information content (AvgIpc) is 3.62. The number of likely N-dealkylation sites (tertiary alicyclic amines) is 2. The molecule has 2 aromatic rings. The van der Waals surface area contributed by atoms with Gasteiger partial charge >= 0.3 is 12.1 Å². The molecule has 8 nitrogen and oxygen atoms in total. The number of anilines is 1. The lowest BCUT2D eigenvalue weighted by Crippen LogP contribution is -2.51. The van der Waals surface area contributed by atoms with Crippen LogP contribution in [0.5, 0.6) is 5.75 Å². The van der Waals surface area contributed by atoms with E-state index in [-0.39, 0.29) is 52.2 Å². The van der Waals surface area contributed by atoms with E-state index in [9.17, 15) is 33.0 Å². The fourth-order valence-electron chi connectivity index (χ4n) is 7.26. The van der Waals surface area contributed by atoms with E-state index >= 15 is 4.39 Å². The van der Waals surface area contributed by atoms with Crippen LogP contribution in [0.15, 0.2) is 42.5 Å². The monoisotopic (exact) mass is 649 g/mol. The smallest absolute Gasteiger partial charge is 0.416 e. The lowest BCUT2D eigenvalue weighted by molar-refractivity contribution is -0.143. The van der Waals surface area contributed by atoms with Crippen molar-refractivity contribution >= 4 is 17.6 Å². The van der Waals surface area contributed by atoms with Crippen molar-refractivity contribution in [3.63, 3.8) is 0 Å². The Morgan fingerprint density at radius 2 is 1.65 bits per heavy atom. The molecule has 0 aromatic heterocycles. The standard InChI is InChI=1S/C34H43F4N3O5/c1-32(2,3)41-18-28(21-5-8-25(46-4)9-6-21)33(35,20-41)31(45)40-16-23(19-42)27(17-40)26-10-7-24(34(36,37)38)15-29(26)39-13-11-22(12-14-39)30(43)44/h5-10,15,22-23,27-28,42H,11-14,16-20H2,1-4H3,(H,43,44)/t23-,27+,28+,33+/m1/s1. The fourth-order valence-corrected chi connectivity index (χ4v) is 7.26. The molecule has 46 heavy (non-hydrogen) atoms. The van der Waals surface area contributed by atoms with Gasteiger partial charge < -0.3 is 24.7 Å². The van der Waals surface area contributed by atoms with Gasteiger partial charge in [0.15, 0.2) is 0 Å². The number of aliphatic hydroxyl groups is 1. The number of carbonyl (C=O) groups excluding carboxylic acids is 1. The summed E-state index contributed by atoms with van der Waals surface area (Å²) in [6.45, 7) is 6.34. The molecule has 252 valence electrons. The number of ether oxygens (including phenoxy) is 1. The first kappa shape index (κ1) is 34.0. The number of carboxylic acid groups (broad SMARTS) is 1. The van der Waals surface area contributed by atoms with E-state index in [1.807, 2.05) is 25.7 Å². The molecule has 3 heterocycles. The molecule has 2 aromatic carbocycles. The molecule has 0 spiro atoms. The third-order valence-electron chi connectivity index (χ3n) is 10.1. The van der Waals surface area contributed by atoms with Gasteiger partial charge in [-0.1, -0.05) is 18.2 Å². The van der Waals surface area contributed by atoms with Gasteiger partial charge in [-0.2, -0.15) is 13.2 Å². The van der Waals surface area contributed by atoms with Gasteiger partial charge in [-0.15, -0.1) is 0 Å². The molecule has 3 aliphatic heterocycles. The molecule has 3 fully saturated rings. The number of benzene rings is 2. The van der Waals surface area contributed by atoms with E-state index in [0.717, 1.165) is 12.1 Å². The van der Waals surface area contributed by atoms with Crippen LogP contribution in [0.2, 0.25) is 0 Å². The molecular weight excluding hydrogens is 606 g/mol. The Hall–Kier alpha value is -3.38. The maximum Gasteiger partial charge on any atom is 0.416 e. The second-order valence-corrected chi connectivity index (χ2v) is 13.9. The summed E-state index contributed by atoms with van der Waals surface area (Å²) in [7, 11) is 1.54. The molecule has 0 aliphatic carbocycles. The molecular formula is C34H43F4N3O5. The minimum absolute atomic E-state index is 0.0323. The minimum atomic E-state index is -4.60. The van der Waals surface area contributed by atoms with Crippen LogP contribution >= 0.6 is 0 Å². The van der Waals surface area contributed by atoms with Crippen molar-refractivity contribution < 1.29 is 42.1 Å². The van der Waals surface area contributed by atoms with Gasteiger partial charge in [0.1, 0.15) is 5.75 Å². The van der Waals surface area contributed by atoms with Gasteiger partial charge in [-0.3, -0.25) is 14.5 Å². The van der Waals surface area contributed by atoms with Crippen LogP contribution in [0, 0.1) is 11.8 Å². The van der Waals surface area contributed by atoms with Crippen molar-refractivity contribution in [3.05, 3.63) is 59.2 Å². The molecule has 0 unspecified atom stereocenters. The zero-order valence-electron chi connectivity index (χ0n) is 26.7. The number of alkyl halides is 4. The van der Waals surface area contributed by atoms with E-state index in [2.05, 4.69) is 0 Å². The average molecular weight is 650 g/mol. The number of halogens is 4. The summed E-state index contributed by atoms with van der Waals surface area (Å²) >= 11 is 0. The van der Waals surface area contributed by atoms with Crippen LogP contribution in [-0.4, -0.2) is 96.1 Å². The highest BCUT2D eigenvalue weighted by Gasteiger charge is 2.58. The summed E-state index contributed by atoms with van der Waals surface area (Å²) in [5, 5.41) is 19.9. The van der Waals surface area contributed by atoms with Crippen molar-refractivity contribution in [2.45, 2.75) is 62.8 Å². The van der Waals surface area contributed by atoms with Crippen molar-refractivity contribution in [1.29, 1.82) is 0 Å². The molecule has 4 atom stereocenters. The van der Waals surface area contributed by atoms with Gasteiger partial charge in [0.25, 0.3) is 5.91 Å². The van der Waals surface area contributed by atoms with Gasteiger partial charge in [0.2, 0.25) is 5.67 Å². The van der Waals surface area contributed by atoms with Crippen molar-refractivity contribution in [1.82, 2.24) is 9.80 Å². The van der Waals surface area contributed by atoms with E-state index in [4.69, 9.17) is 4.74 Å². The zero-order chi connectivity index (χ0) is 33.6. The summed E-state index contributed by atoms with van der Waals surface area (Å²) in [5.74, 6) is -3.44. The summed E-state index contributed by atoms with van der Waals surface area (Å²) in [4.78, 5) is 30.9. The highest BCUT2D eigenvalue weighted by molar-refractivity contribution is 5.88. The molecule has 0 bridgehead atoms. The third kappa shape index (κ3) is 6.56. The number of amides is 1. The predicted octanol–water partition coefficient (Wildman–Crippen LogP) is 5.16. The van der Waals surface area contributed by atoms with Crippen molar-refractivity contribution in [3.8, 4) is 5.75 Å². The normalized spacial score (nSPS) is 26.5. The SMILES string of the molecule is COc1ccc([C@@H]2CN(C(C)(C)C)C[C@@]2(F)C(=O)N2C[C@H](CO)[C@@H](c3ccc(C(F)(F)F)cc3N3CCC(C(=O)O)CC3)C2)cc1. The second-order valence-electron chi connectivity index (χ2n) is 13.9. The maximum absolute atomic E-state index is 17.4. The largest absolute Gasteiger partial charge is 0.497 e. The fraction of sp³-hybridized carbons (Fsp3) is 0.588. The number of hydrogen-bond donors (Lipinski definition) is 2. The number of methoxy groups -OCH3 is 1. The first-order chi connectivity index (χ1) is 21.6. The summed E-state index contributed by atoms with van der Waals surface area (Å²) in [5.41, 5.74) is -2.04. The number of hydrogen-bond acceptors (Lipinski definition) is 6. The van der Waals surface area contributed by atoms with Crippen LogP contribution in [0.25, 0.3) is 0 Å². The number of rotatable bonds is 7. The van der Waals surface area contributed by atoms with Crippen LogP contribution in [0.3, 0.4) is 0 Å². The van der Waals surface area contributed by atoms with Crippen LogP contribution in [0.1, 0.15) is 62.1 Å². The minimum Gasteiger partial charge on any atom is -0.497 e. The molecule has 0 radical (unpaired) electrons. The summed E-state index contributed by atoms with van der Waals surface area (Å²) in [6, 6.07) is 10.5. The van der Waals surface area contributed by atoms with Crippen molar-refractivity contribution in [2.24, 2.45) is 11.8 Å². The molecule has 2 N–H and O–H groups in total. The lowest BCUT2D eigenvalue weighted by atomic mass is 9.85. The number of nitrogens with zero attached hydrogens (tertiary/aromatic N) is 3. The van der Waals surface area contributed by atoms with E-state index < -0.39 is 58.5 Å². The Bertz CT molecular complexity index is 1420. The Balaban J connectivity index is 1.47. The number of piperidine rings is 1. The van der Waals surface area contributed by atoms with E-state index in [1.165, 1.54) is 18.1 Å². The van der Waals surface area contributed by atoms with Gasteiger partial charge in [0, 0.05) is 74.9 Å². The first-order valence-electron chi connectivity index (χ1n) is 15.7. The Labute approximate surface area is 266 Å². The maximum atomic E-state index is 17.4. The quantitative estimate of drug-likeness (QED) is 0.401. The number of aliphatic hydroxyl groups excluding tert-OH is 1. The highest BCUT2D eigenvalue weighted by atomic mass is 19.4. The molecule has 3 aliphatic rings. The van der Waals surface area contributed by atoms with Crippen LogP contribution < -0.4 is 9.64 Å². The summed E-state index contributed by atoms with van der Waals surface area (Å²) < 4.78 is 64.1.